The molecule has 1 aromatic rings. The molecule has 1 amide bonds. The summed E-state index contributed by atoms with van der Waals surface area (Å²) in [7, 11) is 0. The number of amides is 1. The number of nitrogens with one attached hydrogen (secondary N) is 1. The third-order valence-electron chi connectivity index (χ3n) is 2.20. The van der Waals surface area contributed by atoms with Gasteiger partial charge in [0.1, 0.15) is 0 Å². The monoisotopic (exact) mass is 227 g/mol. The van der Waals surface area contributed by atoms with Gasteiger partial charge < -0.3 is 5.32 Å². The van der Waals surface area contributed by atoms with Gasteiger partial charge in [-0.3, -0.25) is 4.79 Å². The second kappa shape index (κ2) is 6.48. The summed E-state index contributed by atoms with van der Waals surface area (Å²) in [5.41, 5.74) is 2.85. The van der Waals surface area contributed by atoms with Crippen LogP contribution in [0, 0.1) is 0 Å². The summed E-state index contributed by atoms with van der Waals surface area (Å²) in [6.45, 7) is 7.25. The van der Waals surface area contributed by atoms with Crippen molar-refractivity contribution in [1.29, 1.82) is 0 Å². The van der Waals surface area contributed by atoms with Gasteiger partial charge in [-0.1, -0.05) is 43.0 Å². The molecule has 0 atom stereocenters. The van der Waals surface area contributed by atoms with Gasteiger partial charge in [0.25, 0.3) is 0 Å². The highest BCUT2D eigenvalue weighted by Crippen LogP contribution is 2.19. The Morgan fingerprint density at radius 2 is 2.18 bits per heavy atom. The average Bonchev–Trinajstić information content (AvgIpc) is 2.30. The van der Waals surface area contributed by atoms with Crippen LogP contribution in [0.25, 0.3) is 5.57 Å². The third kappa shape index (κ3) is 4.11. The van der Waals surface area contributed by atoms with Crippen molar-refractivity contribution in [2.24, 2.45) is 0 Å². The molecule has 1 rings (SSSR count). The van der Waals surface area contributed by atoms with Crippen LogP contribution in [-0.4, -0.2) is 5.91 Å². The zero-order valence-corrected chi connectivity index (χ0v) is 10.2. The average molecular weight is 227 g/mol. The van der Waals surface area contributed by atoms with E-state index in [2.05, 4.69) is 11.9 Å². The van der Waals surface area contributed by atoms with Gasteiger partial charge in [-0.2, -0.15) is 0 Å². The minimum atomic E-state index is -0.0697. The van der Waals surface area contributed by atoms with Crippen LogP contribution in [0.4, 0.5) is 5.69 Å². The summed E-state index contributed by atoms with van der Waals surface area (Å²) in [4.78, 5) is 11.0. The highest BCUT2D eigenvalue weighted by Gasteiger charge is 1.99. The fourth-order valence-corrected chi connectivity index (χ4v) is 1.46. The van der Waals surface area contributed by atoms with Crippen molar-refractivity contribution < 1.29 is 4.79 Å². The van der Waals surface area contributed by atoms with Crippen molar-refractivity contribution in [3.05, 3.63) is 60.7 Å². The normalized spacial score (nSPS) is 11.5. The number of allylic oxidation sites excluding steroid dienone is 5. The molecule has 0 aliphatic heterocycles. The summed E-state index contributed by atoms with van der Waals surface area (Å²) in [6, 6.07) is 7.69. The molecule has 0 fully saturated rings. The van der Waals surface area contributed by atoms with Crippen molar-refractivity contribution in [3.63, 3.8) is 0 Å². The van der Waals surface area contributed by atoms with Gasteiger partial charge in [0.2, 0.25) is 5.91 Å². The molecule has 17 heavy (non-hydrogen) atoms. The van der Waals surface area contributed by atoms with Crippen LogP contribution < -0.4 is 5.32 Å². The summed E-state index contributed by atoms with van der Waals surface area (Å²) in [5.74, 6) is -0.0697. The first kappa shape index (κ1) is 13.0. The van der Waals surface area contributed by atoms with Crippen LogP contribution >= 0.6 is 0 Å². The lowest BCUT2D eigenvalue weighted by molar-refractivity contribution is -0.114. The Bertz CT molecular complexity index is 470. The summed E-state index contributed by atoms with van der Waals surface area (Å²) in [6.07, 6.45) is 7.70. The maximum absolute atomic E-state index is 11.0. The Labute approximate surface area is 102 Å². The maximum atomic E-state index is 11.0. The predicted octanol–water partition coefficient (Wildman–Crippen LogP) is 3.79. The SMILES string of the molecule is C=C/C(=C\C=C/C)c1cccc(NC(C)=O)c1. The molecule has 0 radical (unpaired) electrons. The molecule has 0 spiro atoms. The highest BCUT2D eigenvalue weighted by atomic mass is 16.1. The minimum absolute atomic E-state index is 0.0697. The van der Waals surface area contributed by atoms with E-state index in [0.717, 1.165) is 16.8 Å². The first-order chi connectivity index (χ1) is 8.17. The molecule has 0 saturated heterocycles. The van der Waals surface area contributed by atoms with E-state index in [1.165, 1.54) is 6.92 Å². The maximum Gasteiger partial charge on any atom is 0.221 e. The number of hydrogen-bond donors (Lipinski definition) is 1. The van der Waals surface area contributed by atoms with E-state index < -0.39 is 0 Å². The second-order valence-electron chi connectivity index (χ2n) is 3.61. The van der Waals surface area contributed by atoms with Gasteiger partial charge in [0.15, 0.2) is 0 Å². The molecule has 2 heteroatoms. The van der Waals surface area contributed by atoms with E-state index in [1.807, 2.05) is 49.4 Å². The molecule has 88 valence electrons. The van der Waals surface area contributed by atoms with Gasteiger partial charge in [-0.25, -0.2) is 0 Å². The Hall–Kier alpha value is -2.09. The van der Waals surface area contributed by atoms with Gasteiger partial charge in [-0.05, 0) is 30.2 Å². The fourth-order valence-electron chi connectivity index (χ4n) is 1.46. The fraction of sp³-hybridized carbons (Fsp3) is 0.133. The molecule has 1 N–H and O–H groups in total. The smallest absolute Gasteiger partial charge is 0.221 e. The first-order valence-corrected chi connectivity index (χ1v) is 5.51. The number of carbonyl (C=O) groups excluding carboxylic acids is 1. The van der Waals surface area contributed by atoms with Crippen LogP contribution in [-0.2, 0) is 4.79 Å². The number of anilines is 1. The predicted molar refractivity (Wildman–Crippen MR) is 73.7 cm³/mol. The molecule has 0 bridgehead atoms. The van der Waals surface area contributed by atoms with E-state index >= 15 is 0 Å². The standard InChI is InChI=1S/C15H17NO/c1-4-6-8-13(5-2)14-9-7-10-15(11-14)16-12(3)17/h4-11H,2H2,1,3H3,(H,16,17)/b6-4-,13-8+. The third-order valence-corrected chi connectivity index (χ3v) is 2.20. The molecule has 2 nitrogen and oxygen atoms in total. The van der Waals surface area contributed by atoms with E-state index in [1.54, 1.807) is 6.08 Å². The van der Waals surface area contributed by atoms with Crippen LogP contribution in [0.5, 0.6) is 0 Å². The van der Waals surface area contributed by atoms with Crippen LogP contribution in [0.15, 0.2) is 55.1 Å². The highest BCUT2D eigenvalue weighted by molar-refractivity contribution is 5.89. The van der Waals surface area contributed by atoms with Gasteiger partial charge in [0, 0.05) is 12.6 Å². The Kier molecular flexibility index (Phi) is 4.95. The van der Waals surface area contributed by atoms with E-state index in [4.69, 9.17) is 0 Å². The largest absolute Gasteiger partial charge is 0.326 e. The van der Waals surface area contributed by atoms with E-state index in [-0.39, 0.29) is 5.91 Å². The minimum Gasteiger partial charge on any atom is -0.326 e. The van der Waals surface area contributed by atoms with Crippen LogP contribution in [0.2, 0.25) is 0 Å². The first-order valence-electron chi connectivity index (χ1n) is 5.51. The van der Waals surface area contributed by atoms with Gasteiger partial charge >= 0.3 is 0 Å². The molecular weight excluding hydrogens is 210 g/mol. The molecule has 0 heterocycles. The van der Waals surface area contributed by atoms with Gasteiger partial charge in [-0.15, -0.1) is 0 Å². The van der Waals surface area contributed by atoms with Crippen molar-refractivity contribution in [1.82, 2.24) is 0 Å². The number of carbonyl (C=O) groups is 1. The molecule has 0 aliphatic rings. The lowest BCUT2D eigenvalue weighted by Crippen LogP contribution is -2.05. The van der Waals surface area contributed by atoms with Crippen molar-refractivity contribution in [2.75, 3.05) is 5.32 Å². The summed E-state index contributed by atoms with van der Waals surface area (Å²) < 4.78 is 0. The van der Waals surface area contributed by atoms with Crippen molar-refractivity contribution >= 4 is 17.2 Å². The summed E-state index contributed by atoms with van der Waals surface area (Å²) >= 11 is 0. The lowest BCUT2D eigenvalue weighted by atomic mass is 10.0. The molecule has 1 aromatic carbocycles. The van der Waals surface area contributed by atoms with E-state index in [9.17, 15) is 4.79 Å². The molecular formula is C15H17NO. The lowest BCUT2D eigenvalue weighted by Gasteiger charge is -2.06. The van der Waals surface area contributed by atoms with Gasteiger partial charge in [0.05, 0.1) is 0 Å². The topological polar surface area (TPSA) is 29.1 Å². The molecule has 0 saturated carbocycles. The number of hydrogen-bond acceptors (Lipinski definition) is 1. The quantitative estimate of drug-likeness (QED) is 0.779. The molecule has 0 aromatic heterocycles. The zero-order chi connectivity index (χ0) is 12.7. The Balaban J connectivity index is 3.04. The van der Waals surface area contributed by atoms with Crippen molar-refractivity contribution in [2.45, 2.75) is 13.8 Å². The molecule has 0 unspecified atom stereocenters. The van der Waals surface area contributed by atoms with E-state index in [0.29, 0.717) is 0 Å². The van der Waals surface area contributed by atoms with Crippen LogP contribution in [0.1, 0.15) is 19.4 Å². The molecule has 0 aliphatic carbocycles. The summed E-state index contributed by atoms with van der Waals surface area (Å²) in [5, 5.41) is 2.76. The van der Waals surface area contributed by atoms with Crippen LogP contribution in [0.3, 0.4) is 0 Å². The number of rotatable bonds is 4. The zero-order valence-electron chi connectivity index (χ0n) is 10.2. The van der Waals surface area contributed by atoms with Crippen molar-refractivity contribution in [3.8, 4) is 0 Å². The second-order valence-corrected chi connectivity index (χ2v) is 3.61. The number of benzene rings is 1. The Morgan fingerprint density at radius 1 is 1.41 bits per heavy atom. The Morgan fingerprint density at radius 3 is 2.76 bits per heavy atom.